The molecule has 6 nitrogen and oxygen atoms in total. The molecule has 0 spiro atoms. The summed E-state index contributed by atoms with van der Waals surface area (Å²) in [4.78, 5) is 27.2. The van der Waals surface area contributed by atoms with Gasteiger partial charge in [-0.3, -0.25) is 4.79 Å². The van der Waals surface area contributed by atoms with Crippen LogP contribution in [0.15, 0.2) is 60.7 Å². The molecule has 2 N–H and O–H groups in total. The molecule has 0 aliphatic rings. The average molecular weight is 502 g/mol. The number of ether oxygens (including phenoxy) is 1. The summed E-state index contributed by atoms with van der Waals surface area (Å²) >= 11 is 0. The van der Waals surface area contributed by atoms with Crippen molar-refractivity contribution >= 4 is 29.4 Å². The summed E-state index contributed by atoms with van der Waals surface area (Å²) in [6, 6.07) is 18.8. The number of benzene rings is 3. The monoisotopic (exact) mass is 501 g/mol. The molecule has 0 saturated carbocycles. The fourth-order valence-corrected chi connectivity index (χ4v) is 4.34. The predicted molar refractivity (Wildman–Crippen MR) is 154 cm³/mol. The van der Waals surface area contributed by atoms with E-state index in [-0.39, 0.29) is 6.03 Å². The van der Waals surface area contributed by atoms with Crippen LogP contribution in [0.25, 0.3) is 11.1 Å². The van der Waals surface area contributed by atoms with E-state index in [0.29, 0.717) is 35.4 Å². The molecule has 196 valence electrons. The van der Waals surface area contributed by atoms with Crippen molar-refractivity contribution in [1.29, 1.82) is 0 Å². The van der Waals surface area contributed by atoms with Gasteiger partial charge in [0.05, 0.1) is 18.0 Å². The highest BCUT2D eigenvalue weighted by molar-refractivity contribution is 6.03. The molecule has 0 atom stereocenters. The number of rotatable bonds is 11. The number of urea groups is 1. The number of anilines is 3. The Hall–Kier alpha value is -3.80. The Morgan fingerprint density at radius 3 is 2.19 bits per heavy atom. The maximum absolute atomic E-state index is 13.1. The van der Waals surface area contributed by atoms with E-state index in [1.54, 1.807) is 0 Å². The summed E-state index contributed by atoms with van der Waals surface area (Å²) in [5.74, 6) is 1.65. The lowest BCUT2D eigenvalue weighted by Crippen LogP contribution is -2.32. The number of hydrogen-bond acceptors (Lipinski definition) is 4. The number of nitrogens with one attached hydrogen (secondary N) is 2. The Bertz CT molecular complexity index is 1190. The Morgan fingerprint density at radius 1 is 0.919 bits per heavy atom. The molecule has 0 aliphatic heterocycles. The minimum Gasteiger partial charge on any atom is -0.494 e. The highest BCUT2D eigenvalue weighted by atomic mass is 16.5. The van der Waals surface area contributed by atoms with Gasteiger partial charge in [0, 0.05) is 24.3 Å². The molecular formula is C31H39N3O3. The normalized spacial score (nSPS) is 10.9. The zero-order valence-electron chi connectivity index (χ0n) is 22.8. The molecule has 2 amide bonds. The van der Waals surface area contributed by atoms with Crippen LogP contribution in [0.1, 0.15) is 50.5 Å². The number of aldehydes is 1. The van der Waals surface area contributed by atoms with Crippen LogP contribution in [0, 0.1) is 18.8 Å². The largest absolute Gasteiger partial charge is 0.494 e. The lowest BCUT2D eigenvalue weighted by molar-refractivity contribution is 0.112. The smallest absolute Gasteiger partial charge is 0.323 e. The summed E-state index contributed by atoms with van der Waals surface area (Å²) in [6.45, 7) is 15.0. The average Bonchev–Trinajstić information content (AvgIpc) is 2.84. The zero-order valence-corrected chi connectivity index (χ0v) is 22.8. The van der Waals surface area contributed by atoms with Gasteiger partial charge in [-0.1, -0.05) is 57.5 Å². The molecule has 3 aromatic carbocycles. The molecule has 0 bridgehead atoms. The van der Waals surface area contributed by atoms with E-state index in [9.17, 15) is 9.59 Å². The van der Waals surface area contributed by atoms with Crippen LogP contribution in [0.3, 0.4) is 0 Å². The van der Waals surface area contributed by atoms with E-state index >= 15 is 0 Å². The van der Waals surface area contributed by atoms with Crippen LogP contribution in [-0.4, -0.2) is 32.0 Å². The van der Waals surface area contributed by atoms with E-state index < -0.39 is 0 Å². The maximum atomic E-state index is 13.1. The van der Waals surface area contributed by atoms with Gasteiger partial charge in [0.25, 0.3) is 0 Å². The van der Waals surface area contributed by atoms with E-state index in [2.05, 4.69) is 43.2 Å². The molecule has 3 rings (SSSR count). The van der Waals surface area contributed by atoms with Gasteiger partial charge in [0.15, 0.2) is 6.29 Å². The van der Waals surface area contributed by atoms with Gasteiger partial charge in [-0.25, -0.2) is 4.79 Å². The van der Waals surface area contributed by atoms with Gasteiger partial charge >= 0.3 is 6.03 Å². The van der Waals surface area contributed by atoms with Crippen molar-refractivity contribution in [2.45, 2.75) is 41.5 Å². The first-order chi connectivity index (χ1) is 17.7. The quantitative estimate of drug-likeness (QED) is 0.265. The fraction of sp³-hybridized carbons (Fsp3) is 0.355. The summed E-state index contributed by atoms with van der Waals surface area (Å²) in [6.07, 6.45) is 0.873. The predicted octanol–water partition coefficient (Wildman–Crippen LogP) is 7.64. The Balaban J connectivity index is 1.99. The first-order valence-electron chi connectivity index (χ1n) is 13.0. The molecule has 0 saturated heterocycles. The highest BCUT2D eigenvalue weighted by Crippen LogP contribution is 2.34. The topological polar surface area (TPSA) is 70.7 Å². The third kappa shape index (κ3) is 7.84. The number of carbonyl (C=O) groups is 2. The Labute approximate surface area is 221 Å². The van der Waals surface area contributed by atoms with Crippen LogP contribution in [0.4, 0.5) is 21.9 Å². The first kappa shape index (κ1) is 27.8. The van der Waals surface area contributed by atoms with E-state index in [4.69, 9.17) is 4.74 Å². The van der Waals surface area contributed by atoms with Gasteiger partial charge in [0.1, 0.15) is 5.75 Å². The van der Waals surface area contributed by atoms with Crippen molar-refractivity contribution in [3.05, 3.63) is 71.8 Å². The van der Waals surface area contributed by atoms with E-state index in [1.807, 2.05) is 74.5 Å². The molecular weight excluding hydrogens is 462 g/mol. The molecule has 0 unspecified atom stereocenters. The van der Waals surface area contributed by atoms with E-state index in [1.165, 1.54) is 0 Å². The van der Waals surface area contributed by atoms with Crippen molar-refractivity contribution in [3.63, 3.8) is 0 Å². The molecule has 0 aromatic heterocycles. The summed E-state index contributed by atoms with van der Waals surface area (Å²) in [5.41, 5.74) is 5.71. The number of nitrogens with zero attached hydrogens (tertiary/aromatic N) is 1. The van der Waals surface area contributed by atoms with Crippen molar-refractivity contribution in [1.82, 2.24) is 0 Å². The van der Waals surface area contributed by atoms with Crippen LogP contribution in [0.2, 0.25) is 0 Å². The van der Waals surface area contributed by atoms with Gasteiger partial charge in [-0.2, -0.15) is 0 Å². The lowest BCUT2D eigenvalue weighted by Gasteiger charge is -2.31. The molecule has 0 heterocycles. The second-order valence-corrected chi connectivity index (χ2v) is 10.2. The Kier molecular flexibility index (Phi) is 9.72. The maximum Gasteiger partial charge on any atom is 0.323 e. The number of aryl methyl sites for hydroxylation is 1. The van der Waals surface area contributed by atoms with E-state index in [0.717, 1.165) is 47.5 Å². The lowest BCUT2D eigenvalue weighted by atomic mass is 9.97. The highest BCUT2D eigenvalue weighted by Gasteiger charge is 2.18. The number of amides is 2. The molecule has 0 aliphatic carbocycles. The standard InChI is InChI=1S/C31H39N3O3/c1-7-37-27-13-11-26(12-14-27)32-31(36)33-29-17-24(28-16-23(6)8-9-25(28)20-35)10-15-30(29)34(18-21(2)3)19-22(4)5/h8-17,20-22H,7,18-19H2,1-6H3,(H2,32,33,36). The van der Waals surface area contributed by atoms with Crippen LogP contribution in [-0.2, 0) is 0 Å². The third-order valence-electron chi connectivity index (χ3n) is 5.83. The third-order valence-corrected chi connectivity index (χ3v) is 5.83. The first-order valence-corrected chi connectivity index (χ1v) is 13.0. The number of carbonyl (C=O) groups excluding carboxylic acids is 2. The van der Waals surface area contributed by atoms with Gasteiger partial charge in [0.2, 0.25) is 0 Å². The molecule has 0 radical (unpaired) electrons. The second-order valence-electron chi connectivity index (χ2n) is 10.2. The molecule has 0 fully saturated rings. The summed E-state index contributed by atoms with van der Waals surface area (Å²) < 4.78 is 5.49. The molecule has 3 aromatic rings. The Morgan fingerprint density at radius 2 is 1.59 bits per heavy atom. The van der Waals surface area contributed by atoms with Crippen LogP contribution in [0.5, 0.6) is 5.75 Å². The second kappa shape index (κ2) is 12.9. The van der Waals surface area contributed by atoms with Crippen LogP contribution >= 0.6 is 0 Å². The van der Waals surface area contributed by atoms with Gasteiger partial charge in [-0.15, -0.1) is 0 Å². The minimum absolute atomic E-state index is 0.337. The van der Waals surface area contributed by atoms with Gasteiger partial charge < -0.3 is 20.3 Å². The fourth-order valence-electron chi connectivity index (χ4n) is 4.34. The van der Waals surface area contributed by atoms with Gasteiger partial charge in [-0.05, 0) is 73.2 Å². The number of hydrogen-bond donors (Lipinski definition) is 2. The molecule has 37 heavy (non-hydrogen) atoms. The van der Waals surface area contributed by atoms with Crippen molar-refractivity contribution in [2.75, 3.05) is 35.2 Å². The van der Waals surface area contributed by atoms with Crippen LogP contribution < -0.4 is 20.3 Å². The van der Waals surface area contributed by atoms with Crippen molar-refractivity contribution in [3.8, 4) is 16.9 Å². The zero-order chi connectivity index (χ0) is 26.9. The molecule has 6 heteroatoms. The van der Waals surface area contributed by atoms with Crippen molar-refractivity contribution < 1.29 is 14.3 Å². The van der Waals surface area contributed by atoms with Crippen molar-refractivity contribution in [2.24, 2.45) is 11.8 Å². The summed E-state index contributed by atoms with van der Waals surface area (Å²) in [5, 5.41) is 5.99. The minimum atomic E-state index is -0.337. The SMILES string of the molecule is CCOc1ccc(NC(=O)Nc2cc(-c3cc(C)ccc3C=O)ccc2N(CC(C)C)CC(C)C)cc1. The summed E-state index contributed by atoms with van der Waals surface area (Å²) in [7, 11) is 0.